The lowest BCUT2D eigenvalue weighted by Crippen LogP contribution is -2.54. The van der Waals surface area contributed by atoms with E-state index in [1.165, 1.54) is 5.56 Å². The molecule has 25 heavy (non-hydrogen) atoms. The monoisotopic (exact) mass is 330 g/mol. The number of aliphatic imine (C=N–C) groups is 2. The van der Waals surface area contributed by atoms with E-state index in [0.717, 1.165) is 54.7 Å². The maximum absolute atomic E-state index is 12.2. The third-order valence-electron chi connectivity index (χ3n) is 5.01. The molecule has 1 fully saturated rings. The Morgan fingerprint density at radius 3 is 2.76 bits per heavy atom. The maximum Gasteiger partial charge on any atom is 0.185 e. The summed E-state index contributed by atoms with van der Waals surface area (Å²) in [5.74, 6) is 2.04. The summed E-state index contributed by atoms with van der Waals surface area (Å²) in [6, 6.07) is 16.3. The number of ketones is 1. The number of benzene rings is 2. The Hall–Kier alpha value is -2.79. The Morgan fingerprint density at radius 2 is 1.88 bits per heavy atom. The average Bonchev–Trinajstić information content (AvgIpc) is 2.65. The molecule has 0 N–H and O–H groups in total. The fraction of sp³-hybridized carbons (Fsp3) is 0.250. The molecular formula is C20H18N4O. The Kier molecular flexibility index (Phi) is 3.28. The number of carbonyl (C=O) groups is 1. The molecule has 2 aromatic carbocycles. The number of hydrogen-bond donors (Lipinski definition) is 0. The first kappa shape index (κ1) is 14.5. The van der Waals surface area contributed by atoms with Gasteiger partial charge in [-0.15, -0.1) is 0 Å². The highest BCUT2D eigenvalue weighted by atomic mass is 16.1. The van der Waals surface area contributed by atoms with Gasteiger partial charge in [0.25, 0.3) is 0 Å². The molecule has 0 aliphatic carbocycles. The zero-order valence-corrected chi connectivity index (χ0v) is 13.9. The van der Waals surface area contributed by atoms with Crippen LogP contribution in [0.4, 0.5) is 5.69 Å². The van der Waals surface area contributed by atoms with E-state index in [2.05, 4.69) is 39.1 Å². The van der Waals surface area contributed by atoms with Crippen LogP contribution in [0.2, 0.25) is 0 Å². The zero-order chi connectivity index (χ0) is 16.8. The summed E-state index contributed by atoms with van der Waals surface area (Å²) in [7, 11) is 0. The second kappa shape index (κ2) is 5.63. The lowest BCUT2D eigenvalue weighted by molar-refractivity contribution is 0.0999. The second-order valence-electron chi connectivity index (χ2n) is 6.64. The van der Waals surface area contributed by atoms with Gasteiger partial charge in [-0.2, -0.15) is 0 Å². The first-order valence-corrected chi connectivity index (χ1v) is 8.62. The van der Waals surface area contributed by atoms with Crippen molar-refractivity contribution in [2.45, 2.75) is 6.54 Å². The van der Waals surface area contributed by atoms with Gasteiger partial charge in [0, 0.05) is 25.2 Å². The summed E-state index contributed by atoms with van der Waals surface area (Å²) in [6.45, 7) is 3.77. The van der Waals surface area contributed by atoms with E-state index in [1.807, 2.05) is 24.3 Å². The molecule has 5 rings (SSSR count). The molecular weight excluding hydrogens is 312 g/mol. The fourth-order valence-electron chi connectivity index (χ4n) is 3.81. The van der Waals surface area contributed by atoms with Gasteiger partial charge in [0.2, 0.25) is 0 Å². The SMILES string of the molecule is O=C1CN=C2c3c(cccc31)N=C1CN(Cc3ccccc3)CCN12. The fourth-order valence-corrected chi connectivity index (χ4v) is 3.81. The van der Waals surface area contributed by atoms with Crippen LogP contribution in [-0.2, 0) is 6.54 Å². The molecule has 0 atom stereocenters. The number of carbonyl (C=O) groups excluding carboxylic acids is 1. The molecule has 2 aromatic rings. The number of rotatable bonds is 2. The molecule has 5 nitrogen and oxygen atoms in total. The predicted molar refractivity (Wildman–Crippen MR) is 97.7 cm³/mol. The number of amidine groups is 2. The van der Waals surface area contributed by atoms with Gasteiger partial charge in [0.05, 0.1) is 17.8 Å². The first-order chi connectivity index (χ1) is 12.3. The van der Waals surface area contributed by atoms with E-state index in [4.69, 9.17) is 4.99 Å². The van der Waals surface area contributed by atoms with Crippen molar-refractivity contribution in [2.24, 2.45) is 9.98 Å². The molecule has 0 amide bonds. The van der Waals surface area contributed by atoms with E-state index in [0.29, 0.717) is 0 Å². The summed E-state index contributed by atoms with van der Waals surface area (Å²) < 4.78 is 0. The van der Waals surface area contributed by atoms with E-state index < -0.39 is 0 Å². The van der Waals surface area contributed by atoms with Crippen LogP contribution < -0.4 is 0 Å². The van der Waals surface area contributed by atoms with E-state index in [9.17, 15) is 4.79 Å². The third kappa shape index (κ3) is 2.39. The summed E-state index contributed by atoms with van der Waals surface area (Å²) in [6.07, 6.45) is 0. The molecule has 0 radical (unpaired) electrons. The summed E-state index contributed by atoms with van der Waals surface area (Å²) in [5.41, 5.74) is 3.86. The lowest BCUT2D eigenvalue weighted by Gasteiger charge is -2.41. The van der Waals surface area contributed by atoms with Gasteiger partial charge in [0.15, 0.2) is 5.78 Å². The largest absolute Gasteiger partial charge is 0.312 e. The van der Waals surface area contributed by atoms with Gasteiger partial charge in [-0.05, 0) is 11.6 Å². The topological polar surface area (TPSA) is 48.3 Å². The highest BCUT2D eigenvalue weighted by molar-refractivity contribution is 6.23. The predicted octanol–water partition coefficient (Wildman–Crippen LogP) is 2.49. The molecule has 0 bridgehead atoms. The van der Waals surface area contributed by atoms with Crippen molar-refractivity contribution in [3.05, 3.63) is 65.2 Å². The number of piperazine rings is 1. The van der Waals surface area contributed by atoms with Gasteiger partial charge in [-0.25, -0.2) is 4.99 Å². The number of Topliss-reactive ketones (excluding diaryl/α,β-unsaturated/α-hetero) is 1. The Morgan fingerprint density at radius 1 is 1.00 bits per heavy atom. The van der Waals surface area contributed by atoms with Crippen molar-refractivity contribution in [1.29, 1.82) is 0 Å². The number of hydrogen-bond acceptors (Lipinski definition) is 5. The Labute approximate surface area is 146 Å². The van der Waals surface area contributed by atoms with Crippen molar-refractivity contribution >= 4 is 23.1 Å². The van der Waals surface area contributed by atoms with E-state index in [1.54, 1.807) is 0 Å². The maximum atomic E-state index is 12.2. The minimum Gasteiger partial charge on any atom is -0.312 e. The van der Waals surface area contributed by atoms with Gasteiger partial charge in [0.1, 0.15) is 18.2 Å². The smallest absolute Gasteiger partial charge is 0.185 e. The van der Waals surface area contributed by atoms with Crippen LogP contribution in [-0.4, -0.2) is 53.4 Å². The summed E-state index contributed by atoms with van der Waals surface area (Å²) in [5, 5.41) is 0. The van der Waals surface area contributed by atoms with Crippen molar-refractivity contribution < 1.29 is 4.79 Å². The van der Waals surface area contributed by atoms with E-state index >= 15 is 0 Å². The number of nitrogens with zero attached hydrogens (tertiary/aromatic N) is 4. The first-order valence-electron chi connectivity index (χ1n) is 8.62. The molecule has 3 heterocycles. The van der Waals surface area contributed by atoms with E-state index in [-0.39, 0.29) is 12.3 Å². The van der Waals surface area contributed by atoms with Gasteiger partial charge < -0.3 is 4.90 Å². The van der Waals surface area contributed by atoms with Crippen LogP contribution in [0.3, 0.4) is 0 Å². The van der Waals surface area contributed by atoms with Crippen LogP contribution >= 0.6 is 0 Å². The summed E-state index contributed by atoms with van der Waals surface area (Å²) in [4.78, 5) is 26.2. The van der Waals surface area contributed by atoms with Crippen LogP contribution in [0.25, 0.3) is 0 Å². The van der Waals surface area contributed by atoms with Gasteiger partial charge >= 0.3 is 0 Å². The molecule has 124 valence electrons. The van der Waals surface area contributed by atoms with Crippen LogP contribution in [0.15, 0.2) is 58.5 Å². The van der Waals surface area contributed by atoms with Crippen LogP contribution in [0.1, 0.15) is 21.5 Å². The minimum absolute atomic E-state index is 0.0852. The normalized spacial score (nSPS) is 19.0. The van der Waals surface area contributed by atoms with Crippen molar-refractivity contribution in [3.8, 4) is 0 Å². The number of fused-ring (bicyclic) bond motifs is 2. The third-order valence-corrected chi connectivity index (χ3v) is 5.01. The van der Waals surface area contributed by atoms with Crippen molar-refractivity contribution in [3.63, 3.8) is 0 Å². The van der Waals surface area contributed by atoms with Crippen LogP contribution in [0, 0.1) is 0 Å². The molecule has 0 saturated carbocycles. The summed E-state index contributed by atoms with van der Waals surface area (Å²) >= 11 is 0. The molecule has 3 aliphatic heterocycles. The molecule has 5 heteroatoms. The Balaban J connectivity index is 1.48. The molecule has 3 aliphatic rings. The van der Waals surface area contributed by atoms with Crippen LogP contribution in [0.5, 0.6) is 0 Å². The molecule has 0 aromatic heterocycles. The lowest BCUT2D eigenvalue weighted by atomic mass is 9.95. The highest BCUT2D eigenvalue weighted by Gasteiger charge is 2.35. The zero-order valence-electron chi connectivity index (χ0n) is 13.9. The quantitative estimate of drug-likeness (QED) is 0.850. The average molecular weight is 330 g/mol. The standard InChI is InChI=1S/C20H18N4O/c25-17-11-21-20-19-15(17)7-4-8-16(19)22-18-13-23(9-10-24(18)20)12-14-5-2-1-3-6-14/h1-8H,9-13H2. The highest BCUT2D eigenvalue weighted by Crippen LogP contribution is 2.33. The van der Waals surface area contributed by atoms with Crippen molar-refractivity contribution in [2.75, 3.05) is 26.2 Å². The van der Waals surface area contributed by atoms with Crippen molar-refractivity contribution in [1.82, 2.24) is 9.80 Å². The van der Waals surface area contributed by atoms with Gasteiger partial charge in [-0.3, -0.25) is 14.7 Å². The Bertz CT molecular complexity index is 917. The molecule has 0 unspecified atom stereocenters. The van der Waals surface area contributed by atoms with Gasteiger partial charge in [-0.1, -0.05) is 42.5 Å². The minimum atomic E-state index is 0.0852. The molecule has 1 saturated heterocycles. The molecule has 0 spiro atoms. The second-order valence-corrected chi connectivity index (χ2v) is 6.64.